The van der Waals surface area contributed by atoms with Crippen LogP contribution in [-0.2, 0) is 6.18 Å². The molecule has 6 heteroatoms. The molecular formula is C10H12F3N3. The van der Waals surface area contributed by atoms with E-state index in [1.807, 2.05) is 0 Å². The van der Waals surface area contributed by atoms with Gasteiger partial charge in [0.2, 0.25) is 0 Å². The summed E-state index contributed by atoms with van der Waals surface area (Å²) in [5, 5.41) is 0. The third-order valence-corrected chi connectivity index (χ3v) is 1.82. The summed E-state index contributed by atoms with van der Waals surface area (Å²) in [4.78, 5) is 9.23. The number of alkyl halides is 3. The smallest absolute Gasteiger partial charge is 0.369 e. The van der Waals surface area contributed by atoms with E-state index in [9.17, 15) is 13.2 Å². The molecule has 16 heavy (non-hydrogen) atoms. The monoisotopic (exact) mass is 231 g/mol. The lowest BCUT2D eigenvalue weighted by Crippen LogP contribution is -2.09. The number of aliphatic imine (C=N–C) groups is 1. The maximum Gasteiger partial charge on any atom is 0.416 e. The van der Waals surface area contributed by atoms with E-state index < -0.39 is 11.7 Å². The van der Waals surface area contributed by atoms with Crippen molar-refractivity contribution in [1.29, 1.82) is 0 Å². The van der Waals surface area contributed by atoms with Gasteiger partial charge >= 0.3 is 6.18 Å². The van der Waals surface area contributed by atoms with Gasteiger partial charge in [0.25, 0.3) is 0 Å². The highest BCUT2D eigenvalue weighted by molar-refractivity contribution is 5.59. The largest absolute Gasteiger partial charge is 0.416 e. The molecule has 0 radical (unpaired) electrons. The molecule has 0 aliphatic carbocycles. The first-order chi connectivity index (χ1) is 7.30. The van der Waals surface area contributed by atoms with E-state index in [1.54, 1.807) is 19.0 Å². The Morgan fingerprint density at radius 3 is 2.50 bits per heavy atom. The predicted octanol–water partition coefficient (Wildman–Crippen LogP) is 2.63. The Balaban J connectivity index is 3.08. The second-order valence-electron chi connectivity index (χ2n) is 3.56. The summed E-state index contributed by atoms with van der Waals surface area (Å²) in [6.07, 6.45) is -1.79. The van der Waals surface area contributed by atoms with Gasteiger partial charge in [-0.1, -0.05) is 0 Å². The Kier molecular flexibility index (Phi) is 3.51. The number of halogens is 3. The summed E-state index contributed by atoms with van der Waals surface area (Å²) >= 11 is 0. The highest BCUT2D eigenvalue weighted by Crippen LogP contribution is 2.32. The van der Waals surface area contributed by atoms with Crippen LogP contribution in [0.2, 0.25) is 0 Å². The van der Waals surface area contributed by atoms with E-state index in [0.29, 0.717) is 0 Å². The lowest BCUT2D eigenvalue weighted by Gasteiger charge is -2.10. The van der Waals surface area contributed by atoms with Crippen molar-refractivity contribution in [2.45, 2.75) is 13.1 Å². The molecule has 0 N–H and O–H groups in total. The first kappa shape index (κ1) is 12.5. The minimum atomic E-state index is -4.37. The maximum absolute atomic E-state index is 12.5. The summed E-state index contributed by atoms with van der Waals surface area (Å²) < 4.78 is 37.6. The number of rotatable bonds is 2. The number of nitrogens with zero attached hydrogens (tertiary/aromatic N) is 3. The van der Waals surface area contributed by atoms with Crippen LogP contribution < -0.4 is 0 Å². The molecule has 0 unspecified atom stereocenters. The summed E-state index contributed by atoms with van der Waals surface area (Å²) in [5.41, 5.74) is -0.607. The van der Waals surface area contributed by atoms with Gasteiger partial charge in [0.1, 0.15) is 0 Å². The molecule has 0 saturated carbocycles. The van der Waals surface area contributed by atoms with Crippen LogP contribution in [0.15, 0.2) is 17.3 Å². The second kappa shape index (κ2) is 4.51. The normalized spacial score (nSPS) is 12.1. The maximum atomic E-state index is 12.5. The van der Waals surface area contributed by atoms with Crippen molar-refractivity contribution in [3.05, 3.63) is 23.4 Å². The van der Waals surface area contributed by atoms with Crippen molar-refractivity contribution in [3.8, 4) is 0 Å². The van der Waals surface area contributed by atoms with Crippen LogP contribution in [0.25, 0.3) is 0 Å². The van der Waals surface area contributed by atoms with Gasteiger partial charge in [-0.3, -0.25) is 0 Å². The highest BCUT2D eigenvalue weighted by atomic mass is 19.4. The Labute approximate surface area is 91.6 Å². The van der Waals surface area contributed by atoms with Crippen molar-refractivity contribution >= 4 is 12.2 Å². The number of pyridine rings is 1. The SMILES string of the molecule is Cc1cnc(N=CN(C)C)cc1C(F)(F)F. The van der Waals surface area contributed by atoms with Crippen LogP contribution in [0.5, 0.6) is 0 Å². The fourth-order valence-corrected chi connectivity index (χ4v) is 1.06. The first-order valence-electron chi connectivity index (χ1n) is 4.55. The van der Waals surface area contributed by atoms with Gasteiger partial charge in [0, 0.05) is 20.3 Å². The van der Waals surface area contributed by atoms with Gasteiger partial charge in [-0.15, -0.1) is 0 Å². The molecule has 0 aliphatic heterocycles. The number of aryl methyl sites for hydroxylation is 1. The molecule has 0 amide bonds. The number of aromatic nitrogens is 1. The summed E-state index contributed by atoms with van der Waals surface area (Å²) in [6, 6.07) is 0.940. The molecule has 3 nitrogen and oxygen atoms in total. The van der Waals surface area contributed by atoms with Crippen LogP contribution >= 0.6 is 0 Å². The second-order valence-corrected chi connectivity index (χ2v) is 3.56. The summed E-state index contributed by atoms with van der Waals surface area (Å²) in [6.45, 7) is 1.37. The third-order valence-electron chi connectivity index (χ3n) is 1.82. The van der Waals surface area contributed by atoms with E-state index >= 15 is 0 Å². The molecule has 0 fully saturated rings. The Morgan fingerprint density at radius 2 is 2.00 bits per heavy atom. The highest BCUT2D eigenvalue weighted by Gasteiger charge is 2.32. The average Bonchev–Trinajstić information content (AvgIpc) is 2.14. The van der Waals surface area contributed by atoms with Crippen LogP contribution in [-0.4, -0.2) is 30.3 Å². The predicted molar refractivity (Wildman–Crippen MR) is 55.8 cm³/mol. The molecule has 1 rings (SSSR count). The van der Waals surface area contributed by atoms with Gasteiger partial charge in [-0.05, 0) is 18.6 Å². The van der Waals surface area contributed by atoms with Gasteiger partial charge in [0.15, 0.2) is 5.82 Å². The third kappa shape index (κ3) is 3.22. The molecule has 1 aromatic rings. The molecule has 0 atom stereocenters. The van der Waals surface area contributed by atoms with Crippen LogP contribution in [0.1, 0.15) is 11.1 Å². The van der Waals surface area contributed by atoms with Crippen LogP contribution in [0.3, 0.4) is 0 Å². The van der Waals surface area contributed by atoms with Crippen molar-refractivity contribution in [2.75, 3.05) is 14.1 Å². The van der Waals surface area contributed by atoms with E-state index in [4.69, 9.17) is 0 Å². The standard InChI is InChI=1S/C10H12F3N3/c1-7-5-14-9(15-6-16(2)3)4-8(7)10(11,12)13/h4-6H,1-3H3. The quantitative estimate of drug-likeness (QED) is 0.578. The van der Waals surface area contributed by atoms with Gasteiger partial charge < -0.3 is 4.90 Å². The van der Waals surface area contributed by atoms with E-state index in [0.717, 1.165) is 6.07 Å². The number of hydrogen-bond acceptors (Lipinski definition) is 2. The van der Waals surface area contributed by atoms with Crippen molar-refractivity contribution in [1.82, 2.24) is 9.88 Å². The first-order valence-corrected chi connectivity index (χ1v) is 4.55. The zero-order valence-corrected chi connectivity index (χ0v) is 9.21. The topological polar surface area (TPSA) is 28.5 Å². The van der Waals surface area contributed by atoms with Crippen LogP contribution in [0.4, 0.5) is 19.0 Å². The average molecular weight is 231 g/mol. The van der Waals surface area contributed by atoms with Gasteiger partial charge in [0.05, 0.1) is 11.9 Å². The fraction of sp³-hybridized carbons (Fsp3) is 0.400. The Hall–Kier alpha value is -1.59. The van der Waals surface area contributed by atoms with E-state index in [-0.39, 0.29) is 11.4 Å². The van der Waals surface area contributed by atoms with Gasteiger partial charge in [-0.25, -0.2) is 9.98 Å². The van der Waals surface area contributed by atoms with Gasteiger partial charge in [-0.2, -0.15) is 13.2 Å². The minimum Gasteiger partial charge on any atom is -0.369 e. The van der Waals surface area contributed by atoms with Crippen LogP contribution in [0, 0.1) is 6.92 Å². The lowest BCUT2D eigenvalue weighted by molar-refractivity contribution is -0.138. The Bertz CT molecular complexity index is 397. The van der Waals surface area contributed by atoms with Crippen molar-refractivity contribution < 1.29 is 13.2 Å². The Morgan fingerprint density at radius 1 is 1.38 bits per heavy atom. The fourth-order valence-electron chi connectivity index (χ4n) is 1.06. The van der Waals surface area contributed by atoms with E-state index in [2.05, 4.69) is 9.98 Å². The van der Waals surface area contributed by atoms with Crippen molar-refractivity contribution in [3.63, 3.8) is 0 Å². The molecule has 0 aromatic carbocycles. The molecule has 1 heterocycles. The molecule has 0 aliphatic rings. The molecule has 0 saturated heterocycles. The van der Waals surface area contributed by atoms with E-state index in [1.165, 1.54) is 19.5 Å². The molecule has 88 valence electrons. The summed E-state index contributed by atoms with van der Waals surface area (Å²) in [5.74, 6) is 0.0478. The zero-order valence-electron chi connectivity index (χ0n) is 9.21. The molecule has 1 aromatic heterocycles. The lowest BCUT2D eigenvalue weighted by atomic mass is 10.1. The van der Waals surface area contributed by atoms with Crippen molar-refractivity contribution in [2.24, 2.45) is 4.99 Å². The number of hydrogen-bond donors (Lipinski definition) is 0. The molecule has 0 spiro atoms. The molecule has 0 bridgehead atoms. The minimum absolute atomic E-state index is 0.0478. The zero-order chi connectivity index (χ0) is 12.3. The summed E-state index contributed by atoms with van der Waals surface area (Å²) in [7, 11) is 3.45. The molecular weight excluding hydrogens is 219 g/mol.